The van der Waals surface area contributed by atoms with Gasteiger partial charge in [-0.3, -0.25) is 9.59 Å². The number of hydrogen-bond acceptors (Lipinski definition) is 12. The molecule has 32 heavy (non-hydrogen) atoms. The number of nitrogens with two attached hydrogens (primary N) is 2. The summed E-state index contributed by atoms with van der Waals surface area (Å²) >= 11 is 1.02. The summed E-state index contributed by atoms with van der Waals surface area (Å²) in [6, 6.07) is -4.93. The fourth-order valence-electron chi connectivity index (χ4n) is 3.04. The van der Waals surface area contributed by atoms with Crippen LogP contribution in [-0.4, -0.2) is 105 Å². The Kier molecular flexibility index (Phi) is 10.8. The zero-order chi connectivity index (χ0) is 24.4. The lowest BCUT2D eigenvalue weighted by atomic mass is 10.0. The lowest BCUT2D eigenvalue weighted by molar-refractivity contribution is -0.165. The van der Waals surface area contributed by atoms with Crippen molar-refractivity contribution in [2.75, 3.05) is 18.1 Å². The van der Waals surface area contributed by atoms with Crippen molar-refractivity contribution in [2.45, 2.75) is 43.6 Å². The van der Waals surface area contributed by atoms with E-state index in [9.17, 15) is 39.4 Å². The zero-order valence-electron chi connectivity index (χ0n) is 17.0. The molecule has 0 aromatic rings. The van der Waals surface area contributed by atoms with E-state index < -0.39 is 66.5 Å². The number of thioether (sulfide) groups is 1. The second-order valence-corrected chi connectivity index (χ2v) is 7.80. The molecule has 1 rings (SSSR count). The van der Waals surface area contributed by atoms with Crippen molar-refractivity contribution in [3.05, 3.63) is 0 Å². The Morgan fingerprint density at radius 3 is 2.41 bits per heavy atom. The van der Waals surface area contributed by atoms with Gasteiger partial charge in [-0.2, -0.15) is 21.9 Å². The maximum Gasteiger partial charge on any atom is 0.351 e. The smallest absolute Gasteiger partial charge is 0.351 e. The highest BCUT2D eigenvalue weighted by Crippen LogP contribution is 2.30. The number of hydroxylamine groups is 2. The largest absolute Gasteiger partial charge is 0.480 e. The molecule has 0 bridgehead atoms. The molecular formula is C16H26N6O9S. The van der Waals surface area contributed by atoms with Gasteiger partial charge in [0.15, 0.2) is 0 Å². The SMILES string of the molecule is CC(=O)N[C@@H](CSC[C@H]1[C@H](OC(=O)/C=N/N)C[C@@H]([C@H](NC(=O)CN)C(=O)O)N1O)C(=O)O. The third kappa shape index (κ3) is 7.95. The number of carboxylic acid groups (broad SMARTS) is 2. The monoisotopic (exact) mass is 478 g/mol. The number of esters is 1. The number of aliphatic carboxylic acids is 2. The molecule has 15 nitrogen and oxygen atoms in total. The summed E-state index contributed by atoms with van der Waals surface area (Å²) in [4.78, 5) is 57.5. The lowest BCUT2D eigenvalue weighted by Gasteiger charge is -2.28. The van der Waals surface area contributed by atoms with Gasteiger partial charge >= 0.3 is 17.9 Å². The second-order valence-electron chi connectivity index (χ2n) is 6.72. The van der Waals surface area contributed by atoms with Crippen molar-refractivity contribution in [2.24, 2.45) is 16.7 Å². The third-order valence-electron chi connectivity index (χ3n) is 4.43. The van der Waals surface area contributed by atoms with E-state index in [0.29, 0.717) is 11.3 Å². The summed E-state index contributed by atoms with van der Waals surface area (Å²) < 4.78 is 5.20. The van der Waals surface area contributed by atoms with Gasteiger partial charge in [-0.15, -0.1) is 0 Å². The van der Waals surface area contributed by atoms with Crippen molar-refractivity contribution in [3.8, 4) is 0 Å². The first-order valence-electron chi connectivity index (χ1n) is 9.22. The van der Waals surface area contributed by atoms with Crippen LogP contribution >= 0.6 is 11.8 Å². The summed E-state index contributed by atoms with van der Waals surface area (Å²) in [6.07, 6.45) is -0.535. The minimum atomic E-state index is -1.57. The number of hydrazone groups is 1. The van der Waals surface area contributed by atoms with Gasteiger partial charge in [-0.1, -0.05) is 0 Å². The molecule has 1 aliphatic heterocycles. The molecule has 0 spiro atoms. The molecule has 16 heteroatoms. The van der Waals surface area contributed by atoms with Crippen LogP contribution in [0.3, 0.4) is 0 Å². The Bertz CT molecular complexity index is 752. The van der Waals surface area contributed by atoms with Crippen LogP contribution in [0.1, 0.15) is 13.3 Å². The lowest BCUT2D eigenvalue weighted by Crippen LogP contribution is -2.55. The Morgan fingerprint density at radius 2 is 1.91 bits per heavy atom. The maximum absolute atomic E-state index is 11.8. The van der Waals surface area contributed by atoms with Crippen LogP contribution in [-0.2, 0) is 28.7 Å². The summed E-state index contributed by atoms with van der Waals surface area (Å²) in [5, 5.41) is 37.4. The first kappa shape index (κ1) is 27.1. The molecule has 2 amide bonds. The second kappa shape index (κ2) is 12.8. The van der Waals surface area contributed by atoms with Crippen molar-refractivity contribution in [1.82, 2.24) is 15.7 Å². The average molecular weight is 478 g/mol. The standard InChI is InChI=1S/C16H26N6O9S/c1-7(23)20-8(15(26)27)5-32-6-10-11(31-13(25)4-19-18)2-9(22(10)30)14(16(28)29)21-12(24)3-17/h4,8-11,14,30H,2-3,5-6,17-18H2,1H3,(H,20,23)(H,21,24)(H,26,27)(H,28,29)/b19-4+/t8-,9-,10-,11+,14-/m0/s1. The van der Waals surface area contributed by atoms with Crippen LogP contribution in [0.4, 0.5) is 0 Å². The van der Waals surface area contributed by atoms with Gasteiger partial charge in [0.25, 0.3) is 0 Å². The molecule has 1 fully saturated rings. The molecule has 9 N–H and O–H groups in total. The molecule has 1 aliphatic rings. The van der Waals surface area contributed by atoms with Crippen LogP contribution in [0.2, 0.25) is 0 Å². The number of ether oxygens (including phenoxy) is 1. The van der Waals surface area contributed by atoms with Crippen molar-refractivity contribution >= 4 is 47.7 Å². The van der Waals surface area contributed by atoms with E-state index in [-0.39, 0.29) is 17.9 Å². The van der Waals surface area contributed by atoms with E-state index >= 15 is 0 Å². The predicted molar refractivity (Wildman–Crippen MR) is 110 cm³/mol. The van der Waals surface area contributed by atoms with E-state index in [4.69, 9.17) is 16.3 Å². The highest BCUT2D eigenvalue weighted by molar-refractivity contribution is 7.99. The number of carbonyl (C=O) groups excluding carboxylic acids is 3. The Morgan fingerprint density at radius 1 is 1.25 bits per heavy atom. The fourth-order valence-corrected chi connectivity index (χ4v) is 4.25. The van der Waals surface area contributed by atoms with Gasteiger partial charge in [0.1, 0.15) is 24.4 Å². The molecule has 0 unspecified atom stereocenters. The summed E-state index contributed by atoms with van der Waals surface area (Å²) in [6.45, 7) is 0.681. The zero-order valence-corrected chi connectivity index (χ0v) is 17.9. The van der Waals surface area contributed by atoms with E-state index in [1.165, 1.54) is 0 Å². The van der Waals surface area contributed by atoms with E-state index in [0.717, 1.165) is 18.7 Å². The van der Waals surface area contributed by atoms with Crippen LogP contribution in [0.15, 0.2) is 5.10 Å². The molecule has 1 saturated heterocycles. The van der Waals surface area contributed by atoms with Crippen LogP contribution < -0.4 is 22.2 Å². The van der Waals surface area contributed by atoms with Gasteiger partial charge in [0.2, 0.25) is 11.8 Å². The first-order valence-corrected chi connectivity index (χ1v) is 10.4. The summed E-state index contributed by atoms with van der Waals surface area (Å²) in [7, 11) is 0. The molecule has 0 aliphatic carbocycles. The van der Waals surface area contributed by atoms with Crippen molar-refractivity contribution in [3.63, 3.8) is 0 Å². The number of nitrogens with zero attached hydrogens (tertiary/aromatic N) is 2. The number of hydrogen-bond donors (Lipinski definition) is 7. The van der Waals surface area contributed by atoms with Crippen LogP contribution in [0.5, 0.6) is 0 Å². The number of nitrogens with one attached hydrogen (secondary N) is 2. The van der Waals surface area contributed by atoms with E-state index in [1.54, 1.807) is 0 Å². The minimum absolute atomic E-state index is 0.00868. The van der Waals surface area contributed by atoms with Crippen molar-refractivity contribution in [1.29, 1.82) is 0 Å². The molecule has 180 valence electrons. The molecule has 1 heterocycles. The highest BCUT2D eigenvalue weighted by atomic mass is 32.2. The molecule has 0 radical (unpaired) electrons. The van der Waals surface area contributed by atoms with E-state index in [2.05, 4.69) is 15.7 Å². The molecule has 0 saturated carbocycles. The average Bonchev–Trinajstić information content (AvgIpc) is 2.99. The normalized spacial score (nSPS) is 22.8. The van der Waals surface area contributed by atoms with Gasteiger partial charge in [-0.05, 0) is 0 Å². The summed E-state index contributed by atoms with van der Waals surface area (Å²) in [5.41, 5.74) is 5.20. The predicted octanol–water partition coefficient (Wildman–Crippen LogP) is -3.47. The first-order chi connectivity index (χ1) is 15.0. The molecule has 5 atom stereocenters. The van der Waals surface area contributed by atoms with Gasteiger partial charge in [-0.25, -0.2) is 14.4 Å². The van der Waals surface area contributed by atoms with Crippen LogP contribution in [0, 0.1) is 0 Å². The van der Waals surface area contributed by atoms with Crippen LogP contribution in [0.25, 0.3) is 0 Å². The van der Waals surface area contributed by atoms with Gasteiger partial charge in [0.05, 0.1) is 18.6 Å². The maximum atomic E-state index is 11.8. The Balaban J connectivity index is 3.00. The number of carboxylic acids is 2. The van der Waals surface area contributed by atoms with E-state index in [1.807, 2.05) is 0 Å². The Hall–Kier alpha value is -2.95. The molecular weight excluding hydrogens is 452 g/mol. The topological polar surface area (TPSA) is 247 Å². The highest BCUT2D eigenvalue weighted by Gasteiger charge is 2.48. The quantitative estimate of drug-likeness (QED) is 0.0624. The number of amides is 2. The fraction of sp³-hybridized carbons (Fsp3) is 0.625. The molecule has 0 aromatic heterocycles. The van der Waals surface area contributed by atoms with Gasteiger partial charge in [0, 0.05) is 24.9 Å². The Labute approximate surface area is 186 Å². The number of rotatable bonds is 12. The molecule has 0 aromatic carbocycles. The van der Waals surface area contributed by atoms with Crippen molar-refractivity contribution < 1.29 is 44.1 Å². The minimum Gasteiger partial charge on any atom is -0.480 e. The number of carbonyl (C=O) groups is 5. The van der Waals surface area contributed by atoms with Gasteiger partial charge < -0.3 is 42.4 Å². The third-order valence-corrected chi connectivity index (χ3v) is 5.58. The summed E-state index contributed by atoms with van der Waals surface area (Å²) in [5.74, 6) is -0.159.